The van der Waals surface area contributed by atoms with Gasteiger partial charge in [-0.05, 0) is 18.4 Å². The van der Waals surface area contributed by atoms with Gasteiger partial charge in [-0.3, -0.25) is 9.80 Å². The number of β-amino-alcohol motifs (C(OH)–C–C–N with tert-alkyl or cyclic N) is 1. The zero-order valence-corrected chi connectivity index (χ0v) is 11.0. The molecule has 1 aliphatic heterocycles. The molecule has 0 bridgehead atoms. The summed E-state index contributed by atoms with van der Waals surface area (Å²) in [5.74, 6) is -0.227. The van der Waals surface area contributed by atoms with Crippen molar-refractivity contribution in [3.8, 4) is 0 Å². The molecule has 0 radical (unpaired) electrons. The van der Waals surface area contributed by atoms with Crippen LogP contribution in [0.4, 0.5) is 5.95 Å². The van der Waals surface area contributed by atoms with E-state index < -0.39 is 11.0 Å². The second kappa shape index (κ2) is 6.09. The first kappa shape index (κ1) is 13.9. The topological polar surface area (TPSA) is 87.7 Å². The molecule has 0 amide bonds. The lowest BCUT2D eigenvalue weighted by molar-refractivity contribution is -0.397. The van der Waals surface area contributed by atoms with Crippen molar-refractivity contribution in [1.82, 2.24) is 19.4 Å². The summed E-state index contributed by atoms with van der Waals surface area (Å²) >= 11 is 0. The monoisotopic (exact) mass is 269 g/mol. The van der Waals surface area contributed by atoms with Crippen LogP contribution in [0.25, 0.3) is 0 Å². The van der Waals surface area contributed by atoms with Gasteiger partial charge in [0.25, 0.3) is 0 Å². The van der Waals surface area contributed by atoms with Gasteiger partial charge in [-0.15, -0.1) is 0 Å². The Morgan fingerprint density at radius 3 is 3.00 bits per heavy atom. The molecular formula is C11H19N5O3. The molecule has 0 aliphatic carbocycles. The maximum absolute atomic E-state index is 10.7. The summed E-state index contributed by atoms with van der Waals surface area (Å²) in [6.07, 6.45) is 3.33. The van der Waals surface area contributed by atoms with Gasteiger partial charge in [0.05, 0.1) is 19.3 Å². The normalized spacial score (nSPS) is 19.5. The number of nitro groups is 1. The van der Waals surface area contributed by atoms with E-state index in [9.17, 15) is 15.2 Å². The van der Waals surface area contributed by atoms with Gasteiger partial charge in [-0.1, -0.05) is 4.98 Å². The van der Waals surface area contributed by atoms with Gasteiger partial charge in [-0.2, -0.15) is 0 Å². The fourth-order valence-electron chi connectivity index (χ4n) is 2.39. The van der Waals surface area contributed by atoms with Crippen molar-refractivity contribution in [3.05, 3.63) is 22.5 Å². The highest BCUT2D eigenvalue weighted by Gasteiger charge is 2.21. The molecule has 2 heterocycles. The minimum Gasteiger partial charge on any atom is -0.390 e. The second-order valence-corrected chi connectivity index (χ2v) is 4.94. The number of aliphatic hydroxyl groups excluding tert-OH is 1. The van der Waals surface area contributed by atoms with Crippen molar-refractivity contribution in [2.45, 2.75) is 19.1 Å². The molecule has 1 atom stereocenters. The number of hydrogen-bond donors (Lipinski definition) is 1. The largest absolute Gasteiger partial charge is 0.434 e. The highest BCUT2D eigenvalue weighted by Crippen LogP contribution is 2.10. The molecule has 0 aromatic carbocycles. The molecular weight excluding hydrogens is 250 g/mol. The van der Waals surface area contributed by atoms with Crippen LogP contribution in [-0.4, -0.2) is 68.8 Å². The molecule has 106 valence electrons. The second-order valence-electron chi connectivity index (χ2n) is 4.94. The van der Waals surface area contributed by atoms with Crippen LogP contribution in [0.1, 0.15) is 6.42 Å². The molecule has 0 saturated carbocycles. The van der Waals surface area contributed by atoms with E-state index in [1.165, 1.54) is 17.0 Å². The standard InChI is InChI=1S/C11H19N5O3/c1-13-4-2-5-14(9-13)7-10(17)8-15-6-3-12-11(15)16(18)19/h3,6,10,17H,2,4-5,7-9H2,1H3. The molecule has 1 aliphatic rings. The van der Waals surface area contributed by atoms with Crippen LogP contribution in [0.15, 0.2) is 12.4 Å². The van der Waals surface area contributed by atoms with Crippen LogP contribution in [0.3, 0.4) is 0 Å². The minimum absolute atomic E-state index is 0.191. The third kappa shape index (κ3) is 3.72. The van der Waals surface area contributed by atoms with E-state index in [4.69, 9.17) is 0 Å². The molecule has 2 rings (SSSR count). The van der Waals surface area contributed by atoms with Crippen LogP contribution >= 0.6 is 0 Å². The number of aliphatic hydroxyl groups is 1. The zero-order chi connectivity index (χ0) is 13.8. The summed E-state index contributed by atoms with van der Waals surface area (Å²) in [4.78, 5) is 18.2. The molecule has 8 nitrogen and oxygen atoms in total. The van der Waals surface area contributed by atoms with E-state index >= 15 is 0 Å². The van der Waals surface area contributed by atoms with Crippen molar-refractivity contribution in [2.24, 2.45) is 0 Å². The van der Waals surface area contributed by atoms with E-state index in [1.807, 2.05) is 7.05 Å². The van der Waals surface area contributed by atoms with Gasteiger partial charge in [-0.25, -0.2) is 4.57 Å². The average molecular weight is 269 g/mol. The van der Waals surface area contributed by atoms with Crippen molar-refractivity contribution >= 4 is 5.95 Å². The van der Waals surface area contributed by atoms with Crippen LogP contribution in [0, 0.1) is 10.1 Å². The molecule has 8 heteroatoms. The Hall–Kier alpha value is -1.51. The fourth-order valence-corrected chi connectivity index (χ4v) is 2.39. The van der Waals surface area contributed by atoms with Crippen LogP contribution in [-0.2, 0) is 6.54 Å². The number of rotatable bonds is 5. The lowest BCUT2D eigenvalue weighted by Gasteiger charge is -2.34. The highest BCUT2D eigenvalue weighted by atomic mass is 16.6. The maximum atomic E-state index is 10.7. The van der Waals surface area contributed by atoms with E-state index in [2.05, 4.69) is 14.8 Å². The van der Waals surface area contributed by atoms with Gasteiger partial charge in [0, 0.05) is 19.6 Å². The highest BCUT2D eigenvalue weighted by molar-refractivity contribution is 5.06. The number of imidazole rings is 1. The Balaban J connectivity index is 1.88. The first-order valence-electron chi connectivity index (χ1n) is 6.30. The molecule has 1 saturated heterocycles. The molecule has 0 spiro atoms. The first-order chi connectivity index (χ1) is 9.06. The van der Waals surface area contributed by atoms with Crippen molar-refractivity contribution < 1.29 is 10.0 Å². The lowest BCUT2D eigenvalue weighted by atomic mass is 10.2. The Morgan fingerprint density at radius 2 is 2.32 bits per heavy atom. The van der Waals surface area contributed by atoms with Crippen molar-refractivity contribution in [1.29, 1.82) is 0 Å². The van der Waals surface area contributed by atoms with Crippen LogP contribution in [0.2, 0.25) is 0 Å². The Bertz CT molecular complexity index is 436. The first-order valence-corrected chi connectivity index (χ1v) is 6.30. The predicted molar refractivity (Wildman–Crippen MR) is 68.6 cm³/mol. The van der Waals surface area contributed by atoms with Crippen LogP contribution in [0.5, 0.6) is 0 Å². The summed E-state index contributed by atoms with van der Waals surface area (Å²) in [5.41, 5.74) is 0. The average Bonchev–Trinajstić information content (AvgIpc) is 2.76. The third-order valence-corrected chi connectivity index (χ3v) is 3.19. The van der Waals surface area contributed by atoms with Gasteiger partial charge in [0.2, 0.25) is 0 Å². The van der Waals surface area contributed by atoms with Gasteiger partial charge >= 0.3 is 5.95 Å². The van der Waals surface area contributed by atoms with E-state index in [0.717, 1.165) is 26.2 Å². The van der Waals surface area contributed by atoms with E-state index in [1.54, 1.807) is 0 Å². The molecule has 1 aromatic heterocycles. The number of hydrogen-bond acceptors (Lipinski definition) is 6. The minimum atomic E-state index is -0.639. The molecule has 1 fully saturated rings. The summed E-state index contributed by atoms with van der Waals surface area (Å²) in [6, 6.07) is 0. The SMILES string of the molecule is CN1CCCN(CC(O)Cn2ccnc2[N+](=O)[O-])C1. The predicted octanol–water partition coefficient (Wildman–Crippen LogP) is -0.253. The lowest BCUT2D eigenvalue weighted by Crippen LogP contribution is -2.46. The summed E-state index contributed by atoms with van der Waals surface area (Å²) < 4.78 is 1.37. The number of aromatic nitrogens is 2. The van der Waals surface area contributed by atoms with Crippen molar-refractivity contribution in [3.63, 3.8) is 0 Å². The van der Waals surface area contributed by atoms with Crippen LogP contribution < -0.4 is 0 Å². The quantitative estimate of drug-likeness (QED) is 0.585. The Morgan fingerprint density at radius 1 is 1.53 bits per heavy atom. The van der Waals surface area contributed by atoms with E-state index in [0.29, 0.717) is 6.54 Å². The smallest absolute Gasteiger partial charge is 0.390 e. The van der Waals surface area contributed by atoms with Gasteiger partial charge in [0.15, 0.2) is 0 Å². The van der Waals surface area contributed by atoms with Crippen molar-refractivity contribution in [2.75, 3.05) is 33.4 Å². The Labute approximate surface area is 111 Å². The molecule has 1 unspecified atom stereocenters. The summed E-state index contributed by atoms with van der Waals surface area (Å²) in [7, 11) is 2.04. The molecule has 1 N–H and O–H groups in total. The summed E-state index contributed by atoms with van der Waals surface area (Å²) in [5, 5.41) is 20.8. The third-order valence-electron chi connectivity index (χ3n) is 3.19. The molecule has 1 aromatic rings. The fraction of sp³-hybridized carbons (Fsp3) is 0.727. The number of nitrogens with zero attached hydrogens (tertiary/aromatic N) is 5. The Kier molecular flexibility index (Phi) is 4.46. The molecule has 19 heavy (non-hydrogen) atoms. The maximum Gasteiger partial charge on any atom is 0.434 e. The van der Waals surface area contributed by atoms with Gasteiger partial charge in [0.1, 0.15) is 12.4 Å². The summed E-state index contributed by atoms with van der Waals surface area (Å²) in [6.45, 7) is 3.55. The van der Waals surface area contributed by atoms with Gasteiger partial charge < -0.3 is 15.2 Å². The van der Waals surface area contributed by atoms with E-state index in [-0.39, 0.29) is 12.5 Å². The zero-order valence-electron chi connectivity index (χ0n) is 11.0.